The average molecular weight is 461 g/mol. The maximum absolute atomic E-state index is 6.34. The molecule has 1 nitrogen and oxygen atoms in total. The van der Waals surface area contributed by atoms with Crippen molar-refractivity contribution in [3.63, 3.8) is 0 Å². The van der Waals surface area contributed by atoms with Crippen molar-refractivity contribution in [3.05, 3.63) is 77.3 Å². The Bertz CT molecular complexity index is 1020. The van der Waals surface area contributed by atoms with Crippen LogP contribution in [0, 0.1) is 5.92 Å². The third-order valence-electron chi connectivity index (χ3n) is 7.19. The van der Waals surface area contributed by atoms with Crippen molar-refractivity contribution in [3.8, 4) is 28.0 Å². The van der Waals surface area contributed by atoms with E-state index >= 15 is 0 Å². The van der Waals surface area contributed by atoms with Gasteiger partial charge in [0.05, 0.1) is 6.61 Å². The highest BCUT2D eigenvalue weighted by molar-refractivity contribution is 6.30. The van der Waals surface area contributed by atoms with Gasteiger partial charge >= 0.3 is 0 Å². The second kappa shape index (κ2) is 11.7. The van der Waals surface area contributed by atoms with Crippen molar-refractivity contribution >= 4 is 11.6 Å². The van der Waals surface area contributed by atoms with Gasteiger partial charge in [0.25, 0.3) is 0 Å². The van der Waals surface area contributed by atoms with Gasteiger partial charge in [-0.25, -0.2) is 0 Å². The van der Waals surface area contributed by atoms with E-state index in [1.807, 2.05) is 19.1 Å². The third kappa shape index (κ3) is 6.21. The van der Waals surface area contributed by atoms with Gasteiger partial charge in [0.15, 0.2) is 0 Å². The molecule has 0 saturated heterocycles. The summed E-state index contributed by atoms with van der Waals surface area (Å²) < 4.78 is 5.67. The van der Waals surface area contributed by atoms with Crippen molar-refractivity contribution in [1.29, 1.82) is 0 Å². The van der Waals surface area contributed by atoms with Crippen LogP contribution >= 0.6 is 11.6 Å². The maximum Gasteiger partial charge on any atom is 0.119 e. The molecule has 0 bridgehead atoms. The molecule has 2 heteroatoms. The summed E-state index contributed by atoms with van der Waals surface area (Å²) in [6.07, 6.45) is 10.9. The summed E-state index contributed by atoms with van der Waals surface area (Å²) in [5.74, 6) is 2.52. The van der Waals surface area contributed by atoms with Crippen molar-refractivity contribution in [1.82, 2.24) is 0 Å². The monoisotopic (exact) mass is 460 g/mol. The predicted molar refractivity (Wildman–Crippen MR) is 142 cm³/mol. The summed E-state index contributed by atoms with van der Waals surface area (Å²) in [5, 5.41) is 0.774. The smallest absolute Gasteiger partial charge is 0.119 e. The van der Waals surface area contributed by atoms with Crippen LogP contribution in [-0.2, 0) is 0 Å². The number of rotatable bonds is 9. The molecular formula is C31H37ClO. The molecule has 0 aliphatic heterocycles. The lowest BCUT2D eigenvalue weighted by Gasteiger charge is -2.29. The number of hydrogen-bond donors (Lipinski definition) is 0. The molecule has 0 heterocycles. The summed E-state index contributed by atoms with van der Waals surface area (Å²) in [4.78, 5) is 0. The minimum atomic E-state index is 0.669. The first-order valence-corrected chi connectivity index (χ1v) is 13.2. The van der Waals surface area contributed by atoms with E-state index in [0.29, 0.717) is 12.5 Å². The molecule has 0 atom stereocenters. The van der Waals surface area contributed by atoms with E-state index in [4.69, 9.17) is 16.3 Å². The number of ether oxygens (including phenoxy) is 1. The summed E-state index contributed by atoms with van der Waals surface area (Å²) in [7, 11) is 0. The van der Waals surface area contributed by atoms with E-state index in [1.165, 1.54) is 73.6 Å². The molecule has 1 saturated carbocycles. The Hall–Kier alpha value is -2.25. The topological polar surface area (TPSA) is 9.23 Å². The highest BCUT2D eigenvalue weighted by Gasteiger charge is 2.23. The fourth-order valence-electron chi connectivity index (χ4n) is 5.33. The van der Waals surface area contributed by atoms with Crippen molar-refractivity contribution < 1.29 is 4.74 Å². The highest BCUT2D eigenvalue weighted by Crippen LogP contribution is 2.41. The summed E-state index contributed by atoms with van der Waals surface area (Å²) in [5.41, 5.74) is 6.39. The second-order valence-electron chi connectivity index (χ2n) is 9.49. The summed E-state index contributed by atoms with van der Waals surface area (Å²) in [6.45, 7) is 5.00. The Morgan fingerprint density at radius 2 is 1.58 bits per heavy atom. The zero-order chi connectivity index (χ0) is 23.0. The minimum Gasteiger partial charge on any atom is -0.494 e. The van der Waals surface area contributed by atoms with Gasteiger partial charge in [0.2, 0.25) is 0 Å². The van der Waals surface area contributed by atoms with Crippen LogP contribution in [0.15, 0.2) is 66.7 Å². The largest absolute Gasteiger partial charge is 0.494 e. The highest BCUT2D eigenvalue weighted by atomic mass is 35.5. The van der Waals surface area contributed by atoms with Gasteiger partial charge < -0.3 is 4.74 Å². The maximum atomic E-state index is 6.34. The molecule has 0 radical (unpaired) electrons. The molecule has 0 N–H and O–H groups in total. The molecule has 3 aromatic carbocycles. The Kier molecular flexibility index (Phi) is 8.51. The summed E-state index contributed by atoms with van der Waals surface area (Å²) in [6, 6.07) is 23.8. The predicted octanol–water partition coefficient (Wildman–Crippen LogP) is 9.93. The Balaban J connectivity index is 1.61. The van der Waals surface area contributed by atoms with E-state index in [-0.39, 0.29) is 0 Å². The van der Waals surface area contributed by atoms with Crippen LogP contribution in [0.5, 0.6) is 5.75 Å². The van der Waals surface area contributed by atoms with Gasteiger partial charge in [0.1, 0.15) is 5.75 Å². The molecule has 33 heavy (non-hydrogen) atoms. The van der Waals surface area contributed by atoms with E-state index in [1.54, 1.807) is 0 Å². The Morgan fingerprint density at radius 3 is 2.27 bits per heavy atom. The van der Waals surface area contributed by atoms with Gasteiger partial charge in [-0.3, -0.25) is 0 Å². The van der Waals surface area contributed by atoms with Gasteiger partial charge in [0, 0.05) is 5.02 Å². The first kappa shape index (κ1) is 23.9. The van der Waals surface area contributed by atoms with Crippen LogP contribution in [0.25, 0.3) is 22.3 Å². The second-order valence-corrected chi connectivity index (χ2v) is 9.92. The van der Waals surface area contributed by atoms with Gasteiger partial charge in [-0.05, 0) is 96.5 Å². The van der Waals surface area contributed by atoms with E-state index in [0.717, 1.165) is 22.3 Å². The molecule has 0 amide bonds. The molecule has 4 rings (SSSR count). The van der Waals surface area contributed by atoms with E-state index in [9.17, 15) is 0 Å². The average Bonchev–Trinajstić information content (AvgIpc) is 2.85. The molecule has 1 aliphatic carbocycles. The number of halogens is 1. The number of hydrogen-bond acceptors (Lipinski definition) is 1. The van der Waals surface area contributed by atoms with Crippen LogP contribution in [0.2, 0.25) is 5.02 Å². The van der Waals surface area contributed by atoms with Crippen molar-refractivity contribution in [2.45, 2.75) is 71.1 Å². The lowest BCUT2D eigenvalue weighted by molar-refractivity contribution is 0.303. The van der Waals surface area contributed by atoms with Crippen LogP contribution in [0.1, 0.15) is 76.7 Å². The fourth-order valence-corrected chi connectivity index (χ4v) is 5.52. The molecular weight excluding hydrogens is 424 g/mol. The molecule has 0 unspecified atom stereocenters. The van der Waals surface area contributed by atoms with Crippen LogP contribution in [-0.4, -0.2) is 6.61 Å². The fraction of sp³-hybridized carbons (Fsp3) is 0.419. The van der Waals surface area contributed by atoms with Crippen LogP contribution in [0.4, 0.5) is 0 Å². The molecule has 0 aromatic heterocycles. The molecule has 174 valence electrons. The Morgan fingerprint density at radius 1 is 0.788 bits per heavy atom. The van der Waals surface area contributed by atoms with E-state index in [2.05, 4.69) is 61.5 Å². The number of unbranched alkanes of at least 4 members (excludes halogenated alkanes) is 2. The van der Waals surface area contributed by atoms with E-state index < -0.39 is 0 Å². The first-order chi connectivity index (χ1) is 16.2. The number of benzene rings is 3. The SMILES string of the molecule is CCCCCC1CCC(c2ccc(-c3cccc(Cl)c3)c(-c3ccc(OCC)cc3)c2)CC1. The quantitative estimate of drug-likeness (QED) is 0.288. The van der Waals surface area contributed by atoms with Gasteiger partial charge in [-0.2, -0.15) is 0 Å². The lowest BCUT2D eigenvalue weighted by Crippen LogP contribution is -2.13. The van der Waals surface area contributed by atoms with Crippen molar-refractivity contribution in [2.24, 2.45) is 5.92 Å². The molecule has 1 fully saturated rings. The third-order valence-corrected chi connectivity index (χ3v) is 7.42. The molecule has 0 spiro atoms. The zero-order valence-electron chi connectivity index (χ0n) is 20.2. The molecule has 3 aromatic rings. The standard InChI is InChI=1S/C31H37ClO/c1-3-5-6-8-23-11-13-24(14-12-23)26-17-20-30(27-9-7-10-28(32)21-27)31(22-26)25-15-18-29(19-16-25)33-4-2/h7,9-10,15-24H,3-6,8,11-14H2,1-2H3. The van der Waals surface area contributed by atoms with Gasteiger partial charge in [-0.1, -0.05) is 86.7 Å². The van der Waals surface area contributed by atoms with Crippen LogP contribution < -0.4 is 4.74 Å². The molecule has 1 aliphatic rings. The lowest BCUT2D eigenvalue weighted by atomic mass is 9.76. The summed E-state index contributed by atoms with van der Waals surface area (Å²) >= 11 is 6.34. The first-order valence-electron chi connectivity index (χ1n) is 12.8. The zero-order valence-corrected chi connectivity index (χ0v) is 20.9. The van der Waals surface area contributed by atoms with Crippen molar-refractivity contribution in [2.75, 3.05) is 6.61 Å². The van der Waals surface area contributed by atoms with Gasteiger partial charge in [-0.15, -0.1) is 0 Å². The van der Waals surface area contributed by atoms with Crippen LogP contribution in [0.3, 0.4) is 0 Å². The Labute approximate surface area is 205 Å². The minimum absolute atomic E-state index is 0.669. The normalized spacial score (nSPS) is 18.3.